The molecule has 1 aromatic heterocycles. The summed E-state index contributed by atoms with van der Waals surface area (Å²) in [7, 11) is 1.66. The molecule has 0 aromatic carbocycles. The van der Waals surface area contributed by atoms with Gasteiger partial charge in [0.05, 0.1) is 12.0 Å². The van der Waals surface area contributed by atoms with Gasteiger partial charge in [-0.1, -0.05) is 11.6 Å². The summed E-state index contributed by atoms with van der Waals surface area (Å²) in [4.78, 5) is 17.2. The van der Waals surface area contributed by atoms with Crippen LogP contribution in [0.1, 0.15) is 17.3 Å². The van der Waals surface area contributed by atoms with Gasteiger partial charge < -0.3 is 4.90 Å². The Morgan fingerprint density at radius 2 is 2.44 bits per heavy atom. The summed E-state index contributed by atoms with van der Waals surface area (Å²) in [5.74, 6) is -0.349. The molecule has 0 saturated heterocycles. The number of aromatic nitrogens is 1. The van der Waals surface area contributed by atoms with Crippen molar-refractivity contribution in [1.29, 1.82) is 5.26 Å². The third-order valence-electron chi connectivity index (χ3n) is 2.09. The minimum Gasteiger partial charge on any atom is -0.340 e. The fraction of sp³-hybridized carbons (Fsp3) is 0.364. The standard InChI is InChI=1S/C11H12ClN3O/c1-8(6-13)7-15(2)11(16)9-3-4-14-10(12)5-9/h3-5,8H,7H2,1-2H3. The molecule has 0 spiro atoms. The molecule has 1 rings (SSSR count). The van der Waals surface area contributed by atoms with Gasteiger partial charge in [0.2, 0.25) is 0 Å². The van der Waals surface area contributed by atoms with E-state index in [1.165, 1.54) is 17.2 Å². The predicted molar refractivity (Wildman–Crippen MR) is 61.0 cm³/mol. The van der Waals surface area contributed by atoms with Crippen LogP contribution >= 0.6 is 11.6 Å². The smallest absolute Gasteiger partial charge is 0.253 e. The summed E-state index contributed by atoms with van der Waals surface area (Å²) in [5, 5.41) is 8.95. The maximum atomic E-state index is 11.9. The molecule has 0 saturated carbocycles. The third-order valence-corrected chi connectivity index (χ3v) is 2.30. The average Bonchev–Trinajstić information content (AvgIpc) is 2.27. The molecule has 1 unspecified atom stereocenters. The number of nitrogens with zero attached hydrogens (tertiary/aromatic N) is 3. The zero-order valence-corrected chi connectivity index (χ0v) is 9.90. The van der Waals surface area contributed by atoms with Gasteiger partial charge in [-0.25, -0.2) is 4.98 Å². The lowest BCUT2D eigenvalue weighted by Gasteiger charge is -2.18. The van der Waals surface area contributed by atoms with E-state index in [1.807, 2.05) is 0 Å². The number of nitriles is 1. The Kier molecular flexibility index (Phi) is 4.27. The molecular weight excluding hydrogens is 226 g/mol. The molecule has 84 valence electrons. The van der Waals surface area contributed by atoms with Crippen molar-refractivity contribution in [2.45, 2.75) is 6.92 Å². The van der Waals surface area contributed by atoms with Gasteiger partial charge in [-0.2, -0.15) is 5.26 Å². The first-order valence-corrected chi connectivity index (χ1v) is 5.19. The van der Waals surface area contributed by atoms with Crippen LogP contribution in [-0.2, 0) is 0 Å². The Morgan fingerprint density at radius 1 is 1.75 bits per heavy atom. The maximum absolute atomic E-state index is 11.9. The van der Waals surface area contributed by atoms with E-state index in [2.05, 4.69) is 11.1 Å². The van der Waals surface area contributed by atoms with Crippen LogP contribution in [0.2, 0.25) is 5.15 Å². The van der Waals surface area contributed by atoms with Crippen molar-refractivity contribution >= 4 is 17.5 Å². The fourth-order valence-corrected chi connectivity index (χ4v) is 1.46. The van der Waals surface area contributed by atoms with Gasteiger partial charge in [-0.15, -0.1) is 0 Å². The van der Waals surface area contributed by atoms with E-state index in [1.54, 1.807) is 20.0 Å². The molecule has 0 N–H and O–H groups in total. The first kappa shape index (κ1) is 12.5. The van der Waals surface area contributed by atoms with Crippen molar-refractivity contribution in [3.63, 3.8) is 0 Å². The second-order valence-electron chi connectivity index (χ2n) is 3.58. The lowest BCUT2D eigenvalue weighted by atomic mass is 10.2. The number of hydrogen-bond acceptors (Lipinski definition) is 3. The van der Waals surface area contributed by atoms with Crippen LogP contribution in [0.5, 0.6) is 0 Å². The predicted octanol–water partition coefficient (Wildman–Crippen LogP) is 1.97. The second-order valence-corrected chi connectivity index (χ2v) is 3.97. The maximum Gasteiger partial charge on any atom is 0.253 e. The molecular formula is C11H12ClN3O. The highest BCUT2D eigenvalue weighted by atomic mass is 35.5. The molecule has 0 bridgehead atoms. The first-order valence-electron chi connectivity index (χ1n) is 4.81. The zero-order chi connectivity index (χ0) is 12.1. The van der Waals surface area contributed by atoms with Gasteiger partial charge in [0, 0.05) is 25.4 Å². The van der Waals surface area contributed by atoms with Gasteiger partial charge in [-0.3, -0.25) is 4.79 Å². The van der Waals surface area contributed by atoms with Crippen LogP contribution in [0.4, 0.5) is 0 Å². The highest BCUT2D eigenvalue weighted by Gasteiger charge is 2.14. The van der Waals surface area contributed by atoms with E-state index >= 15 is 0 Å². The van der Waals surface area contributed by atoms with Crippen LogP contribution in [0.3, 0.4) is 0 Å². The summed E-state index contributed by atoms with van der Waals surface area (Å²) in [6, 6.07) is 5.19. The Morgan fingerprint density at radius 3 is 3.00 bits per heavy atom. The number of halogens is 1. The van der Waals surface area contributed by atoms with Gasteiger partial charge in [0.15, 0.2) is 0 Å². The number of pyridine rings is 1. The minimum absolute atomic E-state index is 0.161. The largest absolute Gasteiger partial charge is 0.340 e. The molecule has 0 aliphatic rings. The molecule has 5 heteroatoms. The molecule has 1 heterocycles. The number of hydrogen-bond donors (Lipinski definition) is 0. The van der Waals surface area contributed by atoms with E-state index in [0.717, 1.165) is 0 Å². The van der Waals surface area contributed by atoms with Crippen molar-refractivity contribution in [3.05, 3.63) is 29.0 Å². The summed E-state index contributed by atoms with van der Waals surface area (Å²) in [6.45, 7) is 2.17. The minimum atomic E-state index is -0.189. The molecule has 0 radical (unpaired) electrons. The van der Waals surface area contributed by atoms with Crippen LogP contribution in [0, 0.1) is 17.2 Å². The number of carbonyl (C=O) groups is 1. The van der Waals surface area contributed by atoms with Crippen LogP contribution in [-0.4, -0.2) is 29.4 Å². The molecule has 0 aliphatic heterocycles. The molecule has 4 nitrogen and oxygen atoms in total. The van der Waals surface area contributed by atoms with Crippen molar-refractivity contribution in [2.24, 2.45) is 5.92 Å². The Labute approximate surface area is 99.5 Å². The third kappa shape index (κ3) is 3.21. The van der Waals surface area contributed by atoms with Gasteiger partial charge in [-0.05, 0) is 19.1 Å². The lowest BCUT2D eigenvalue weighted by Crippen LogP contribution is -2.30. The lowest BCUT2D eigenvalue weighted by molar-refractivity contribution is 0.0785. The SMILES string of the molecule is CC(C#N)CN(C)C(=O)c1ccnc(Cl)c1. The van der Waals surface area contributed by atoms with Gasteiger partial charge in [0.25, 0.3) is 5.91 Å². The normalized spacial score (nSPS) is 11.6. The molecule has 0 fully saturated rings. The topological polar surface area (TPSA) is 57.0 Å². The van der Waals surface area contributed by atoms with Crippen molar-refractivity contribution in [3.8, 4) is 6.07 Å². The summed E-state index contributed by atoms with van der Waals surface area (Å²) in [6.07, 6.45) is 1.48. The molecule has 1 atom stereocenters. The quantitative estimate of drug-likeness (QED) is 0.756. The number of rotatable bonds is 3. The average molecular weight is 238 g/mol. The summed E-state index contributed by atoms with van der Waals surface area (Å²) in [5.41, 5.74) is 0.479. The molecule has 16 heavy (non-hydrogen) atoms. The van der Waals surface area contributed by atoms with Crippen LogP contribution in [0.15, 0.2) is 18.3 Å². The second kappa shape index (κ2) is 5.47. The highest BCUT2D eigenvalue weighted by Crippen LogP contribution is 2.10. The Hall–Kier alpha value is -1.60. The number of carbonyl (C=O) groups excluding carboxylic acids is 1. The van der Waals surface area contributed by atoms with Crippen molar-refractivity contribution < 1.29 is 4.79 Å². The fourth-order valence-electron chi connectivity index (χ4n) is 1.29. The van der Waals surface area contributed by atoms with Gasteiger partial charge >= 0.3 is 0 Å². The van der Waals surface area contributed by atoms with E-state index < -0.39 is 0 Å². The van der Waals surface area contributed by atoms with Crippen molar-refractivity contribution in [2.75, 3.05) is 13.6 Å². The molecule has 1 aromatic rings. The molecule has 0 aliphatic carbocycles. The molecule has 1 amide bonds. The van der Waals surface area contributed by atoms with E-state index in [0.29, 0.717) is 12.1 Å². The van der Waals surface area contributed by atoms with E-state index in [4.69, 9.17) is 16.9 Å². The summed E-state index contributed by atoms with van der Waals surface area (Å²) < 4.78 is 0. The Balaban J connectivity index is 2.75. The number of amides is 1. The zero-order valence-electron chi connectivity index (χ0n) is 9.14. The highest BCUT2D eigenvalue weighted by molar-refractivity contribution is 6.29. The van der Waals surface area contributed by atoms with E-state index in [9.17, 15) is 4.79 Å². The van der Waals surface area contributed by atoms with Crippen LogP contribution in [0.25, 0.3) is 0 Å². The van der Waals surface area contributed by atoms with Crippen molar-refractivity contribution in [1.82, 2.24) is 9.88 Å². The van der Waals surface area contributed by atoms with Gasteiger partial charge in [0.1, 0.15) is 5.15 Å². The Bertz CT molecular complexity index is 427. The summed E-state index contributed by atoms with van der Waals surface area (Å²) >= 11 is 5.69. The van der Waals surface area contributed by atoms with E-state index in [-0.39, 0.29) is 17.0 Å². The first-order chi connectivity index (χ1) is 7.54. The monoisotopic (exact) mass is 237 g/mol. The van der Waals surface area contributed by atoms with Crippen LogP contribution < -0.4 is 0 Å².